The first-order valence-electron chi connectivity index (χ1n) is 6.47. The summed E-state index contributed by atoms with van der Waals surface area (Å²) in [5.41, 5.74) is 2.06. The summed E-state index contributed by atoms with van der Waals surface area (Å²) in [6.45, 7) is 0.588. The number of hydrogen-bond donors (Lipinski definition) is 3. The van der Waals surface area contributed by atoms with Crippen LogP contribution in [-0.4, -0.2) is 23.4 Å². The Hall–Kier alpha value is -1.84. The van der Waals surface area contributed by atoms with E-state index in [0.717, 1.165) is 12.0 Å². The number of phenolic OH excluding ortho intramolecular Hbond substituents is 1. The van der Waals surface area contributed by atoms with Gasteiger partial charge >= 0.3 is 0 Å². The summed E-state index contributed by atoms with van der Waals surface area (Å²) in [6, 6.07) is 17.4. The molecule has 0 fully saturated rings. The Kier molecular flexibility index (Phi) is 4.95. The maximum Gasteiger partial charge on any atom is 0.120 e. The van der Waals surface area contributed by atoms with Gasteiger partial charge in [0.1, 0.15) is 5.75 Å². The van der Waals surface area contributed by atoms with Crippen molar-refractivity contribution in [2.75, 3.05) is 13.2 Å². The standard InChI is InChI=1S/C16H19NO2/c18-11-10-17-15(12-13-6-2-1-3-7-13)14-8-4-5-9-16(14)19/h1-9,15,17-19H,10-12H2. The second kappa shape index (κ2) is 6.92. The molecule has 0 aliphatic rings. The van der Waals surface area contributed by atoms with Crippen molar-refractivity contribution in [3.63, 3.8) is 0 Å². The first kappa shape index (κ1) is 13.6. The van der Waals surface area contributed by atoms with Crippen molar-refractivity contribution in [2.24, 2.45) is 0 Å². The Labute approximate surface area is 113 Å². The summed E-state index contributed by atoms with van der Waals surface area (Å²) >= 11 is 0. The molecular formula is C16H19NO2. The molecule has 19 heavy (non-hydrogen) atoms. The van der Waals surface area contributed by atoms with E-state index < -0.39 is 0 Å². The summed E-state index contributed by atoms with van der Waals surface area (Å²) < 4.78 is 0. The minimum atomic E-state index is -0.00394. The maximum absolute atomic E-state index is 9.96. The van der Waals surface area contributed by atoms with Gasteiger partial charge in [-0.2, -0.15) is 0 Å². The Morgan fingerprint density at radius 2 is 1.63 bits per heavy atom. The van der Waals surface area contributed by atoms with Crippen molar-refractivity contribution < 1.29 is 10.2 Å². The molecule has 0 aliphatic heterocycles. The largest absolute Gasteiger partial charge is 0.508 e. The molecule has 0 amide bonds. The van der Waals surface area contributed by atoms with Crippen LogP contribution in [0.15, 0.2) is 54.6 Å². The fraction of sp³-hybridized carbons (Fsp3) is 0.250. The van der Waals surface area contributed by atoms with Gasteiger partial charge in [-0.25, -0.2) is 0 Å². The highest BCUT2D eigenvalue weighted by Crippen LogP contribution is 2.26. The van der Waals surface area contributed by atoms with E-state index in [0.29, 0.717) is 6.54 Å². The Morgan fingerprint density at radius 1 is 0.947 bits per heavy atom. The van der Waals surface area contributed by atoms with Gasteiger partial charge < -0.3 is 15.5 Å². The second-order valence-corrected chi connectivity index (χ2v) is 4.48. The van der Waals surface area contributed by atoms with Crippen LogP contribution in [0.5, 0.6) is 5.75 Å². The average Bonchev–Trinajstić information content (AvgIpc) is 2.45. The SMILES string of the molecule is OCCNC(Cc1ccccc1)c1ccccc1O. The minimum absolute atomic E-state index is 0.00394. The molecule has 0 saturated heterocycles. The number of aliphatic hydroxyl groups excluding tert-OH is 1. The number of hydrogen-bond acceptors (Lipinski definition) is 3. The number of nitrogens with one attached hydrogen (secondary N) is 1. The zero-order valence-corrected chi connectivity index (χ0v) is 10.8. The van der Waals surface area contributed by atoms with E-state index >= 15 is 0 Å². The fourth-order valence-electron chi connectivity index (χ4n) is 2.16. The van der Waals surface area contributed by atoms with Gasteiger partial charge in [0.15, 0.2) is 0 Å². The summed E-state index contributed by atoms with van der Waals surface area (Å²) in [7, 11) is 0. The van der Waals surface area contributed by atoms with Crippen LogP contribution >= 0.6 is 0 Å². The molecule has 3 N–H and O–H groups in total. The molecule has 0 aromatic heterocycles. The molecular weight excluding hydrogens is 238 g/mol. The average molecular weight is 257 g/mol. The monoisotopic (exact) mass is 257 g/mol. The van der Waals surface area contributed by atoms with Crippen LogP contribution in [0.1, 0.15) is 17.2 Å². The minimum Gasteiger partial charge on any atom is -0.508 e. The third kappa shape index (κ3) is 3.81. The quantitative estimate of drug-likeness (QED) is 0.744. The highest BCUT2D eigenvalue weighted by molar-refractivity contribution is 5.35. The number of aromatic hydroxyl groups is 1. The number of benzene rings is 2. The van der Waals surface area contributed by atoms with Crippen molar-refractivity contribution in [3.05, 3.63) is 65.7 Å². The fourth-order valence-corrected chi connectivity index (χ4v) is 2.16. The molecule has 1 unspecified atom stereocenters. The van der Waals surface area contributed by atoms with Crippen LogP contribution in [0.4, 0.5) is 0 Å². The molecule has 0 saturated carbocycles. The molecule has 3 nitrogen and oxygen atoms in total. The first-order chi connectivity index (χ1) is 9.31. The van der Waals surface area contributed by atoms with E-state index in [2.05, 4.69) is 17.4 Å². The van der Waals surface area contributed by atoms with E-state index in [-0.39, 0.29) is 18.4 Å². The Balaban J connectivity index is 2.19. The Bertz CT molecular complexity index is 499. The molecule has 2 aromatic rings. The van der Waals surface area contributed by atoms with E-state index in [9.17, 15) is 5.11 Å². The van der Waals surface area contributed by atoms with Crippen LogP contribution in [0, 0.1) is 0 Å². The molecule has 0 bridgehead atoms. The Morgan fingerprint density at radius 3 is 2.32 bits per heavy atom. The number of rotatable bonds is 6. The lowest BCUT2D eigenvalue weighted by Crippen LogP contribution is -2.26. The van der Waals surface area contributed by atoms with E-state index in [1.807, 2.05) is 36.4 Å². The van der Waals surface area contributed by atoms with Crippen LogP contribution in [-0.2, 0) is 6.42 Å². The van der Waals surface area contributed by atoms with Gasteiger partial charge in [0.05, 0.1) is 6.61 Å². The van der Waals surface area contributed by atoms with Crippen molar-refractivity contribution in [1.82, 2.24) is 5.32 Å². The predicted molar refractivity (Wildman–Crippen MR) is 76.1 cm³/mol. The zero-order chi connectivity index (χ0) is 13.5. The molecule has 0 radical (unpaired) electrons. The van der Waals surface area contributed by atoms with Crippen molar-refractivity contribution in [1.29, 1.82) is 0 Å². The molecule has 0 heterocycles. The first-order valence-corrected chi connectivity index (χ1v) is 6.47. The van der Waals surface area contributed by atoms with Crippen LogP contribution in [0.3, 0.4) is 0 Å². The van der Waals surface area contributed by atoms with Gasteiger partial charge in [-0.05, 0) is 18.1 Å². The predicted octanol–water partition coefficient (Wildman–Crippen LogP) is 2.26. The van der Waals surface area contributed by atoms with E-state index in [1.54, 1.807) is 6.07 Å². The lowest BCUT2D eigenvalue weighted by Gasteiger charge is -2.20. The number of aliphatic hydroxyl groups is 1. The molecule has 0 spiro atoms. The van der Waals surface area contributed by atoms with Gasteiger partial charge in [0, 0.05) is 18.2 Å². The lowest BCUT2D eigenvalue weighted by atomic mass is 9.98. The lowest BCUT2D eigenvalue weighted by molar-refractivity contribution is 0.283. The van der Waals surface area contributed by atoms with Crippen molar-refractivity contribution in [3.8, 4) is 5.75 Å². The van der Waals surface area contributed by atoms with Gasteiger partial charge in [-0.15, -0.1) is 0 Å². The summed E-state index contributed by atoms with van der Waals surface area (Å²) in [6.07, 6.45) is 0.776. The second-order valence-electron chi connectivity index (χ2n) is 4.48. The van der Waals surface area contributed by atoms with Crippen molar-refractivity contribution in [2.45, 2.75) is 12.5 Å². The molecule has 2 aromatic carbocycles. The normalized spacial score (nSPS) is 12.3. The van der Waals surface area contributed by atoms with Crippen LogP contribution in [0.25, 0.3) is 0 Å². The third-order valence-electron chi connectivity index (χ3n) is 3.10. The molecule has 100 valence electrons. The van der Waals surface area contributed by atoms with Gasteiger partial charge in [0.25, 0.3) is 0 Å². The molecule has 2 rings (SSSR count). The smallest absolute Gasteiger partial charge is 0.120 e. The van der Waals surface area contributed by atoms with E-state index in [1.165, 1.54) is 5.56 Å². The number of para-hydroxylation sites is 1. The highest BCUT2D eigenvalue weighted by atomic mass is 16.3. The van der Waals surface area contributed by atoms with E-state index in [4.69, 9.17) is 5.11 Å². The summed E-state index contributed by atoms with van der Waals surface area (Å²) in [5, 5.41) is 22.2. The highest BCUT2D eigenvalue weighted by Gasteiger charge is 2.14. The molecule has 0 aliphatic carbocycles. The van der Waals surface area contributed by atoms with Crippen LogP contribution < -0.4 is 5.32 Å². The maximum atomic E-state index is 9.96. The number of phenols is 1. The summed E-state index contributed by atoms with van der Waals surface area (Å²) in [4.78, 5) is 0. The zero-order valence-electron chi connectivity index (χ0n) is 10.8. The third-order valence-corrected chi connectivity index (χ3v) is 3.10. The van der Waals surface area contributed by atoms with Crippen molar-refractivity contribution >= 4 is 0 Å². The van der Waals surface area contributed by atoms with Gasteiger partial charge in [-0.3, -0.25) is 0 Å². The molecule has 3 heteroatoms. The van der Waals surface area contributed by atoms with Gasteiger partial charge in [-0.1, -0.05) is 48.5 Å². The molecule has 1 atom stereocenters. The van der Waals surface area contributed by atoms with Gasteiger partial charge in [0.2, 0.25) is 0 Å². The topological polar surface area (TPSA) is 52.5 Å². The van der Waals surface area contributed by atoms with Crippen LogP contribution in [0.2, 0.25) is 0 Å². The summed E-state index contributed by atoms with van der Waals surface area (Å²) in [5.74, 6) is 0.286.